The zero-order chi connectivity index (χ0) is 15.6. The molecule has 0 spiro atoms. The Hall–Kier alpha value is -1.11. The first-order valence-electron chi connectivity index (χ1n) is 6.28. The molecule has 1 aliphatic heterocycles. The fourth-order valence-electron chi connectivity index (χ4n) is 2.02. The fraction of sp³-hybridized carbons (Fsp3) is 0.385. The maximum atomic E-state index is 11.9. The van der Waals surface area contributed by atoms with Crippen molar-refractivity contribution in [1.29, 1.82) is 0 Å². The van der Waals surface area contributed by atoms with Crippen molar-refractivity contribution in [2.75, 3.05) is 11.5 Å². The molecule has 114 valence electrons. The van der Waals surface area contributed by atoms with Gasteiger partial charge in [0.2, 0.25) is 5.91 Å². The average Bonchev–Trinajstić information content (AvgIpc) is 2.79. The van der Waals surface area contributed by atoms with Gasteiger partial charge in [-0.15, -0.1) is 0 Å². The zero-order valence-corrected chi connectivity index (χ0v) is 13.6. The van der Waals surface area contributed by atoms with Crippen molar-refractivity contribution >= 4 is 44.7 Å². The lowest BCUT2D eigenvalue weighted by atomic mass is 10.1. The summed E-state index contributed by atoms with van der Waals surface area (Å²) in [5, 5.41) is 4.82. The first-order valence-corrected chi connectivity index (χ1v) is 8.86. The van der Waals surface area contributed by atoms with E-state index in [9.17, 15) is 13.2 Å². The standard InChI is InChI=1S/C13H14Cl2N2O3S/c1-8(9-2-3-11(14)12(15)6-9)16-17-13(18)10-4-5-21(19,20)7-10/h2-3,6,10H,4-5,7H2,1H3,(H,17,18)/b16-8-/t10-/m0/s1. The molecule has 1 atom stereocenters. The molecule has 0 aliphatic carbocycles. The quantitative estimate of drug-likeness (QED) is 0.672. The molecule has 1 heterocycles. The topological polar surface area (TPSA) is 75.6 Å². The van der Waals surface area contributed by atoms with Crippen LogP contribution in [0.15, 0.2) is 23.3 Å². The molecule has 1 aliphatic rings. The summed E-state index contributed by atoms with van der Waals surface area (Å²) in [7, 11) is -3.08. The molecule has 1 aromatic carbocycles. The van der Waals surface area contributed by atoms with Crippen molar-refractivity contribution in [2.24, 2.45) is 11.0 Å². The Morgan fingerprint density at radius 2 is 2.05 bits per heavy atom. The second-order valence-electron chi connectivity index (χ2n) is 4.90. The molecular weight excluding hydrogens is 335 g/mol. The van der Waals surface area contributed by atoms with Crippen LogP contribution in [0, 0.1) is 5.92 Å². The van der Waals surface area contributed by atoms with Gasteiger partial charge in [0.15, 0.2) is 9.84 Å². The van der Waals surface area contributed by atoms with Crippen LogP contribution >= 0.6 is 23.2 Å². The molecule has 1 aromatic rings. The van der Waals surface area contributed by atoms with Crippen LogP contribution in [0.4, 0.5) is 0 Å². The van der Waals surface area contributed by atoms with Gasteiger partial charge in [-0.2, -0.15) is 5.10 Å². The number of hydrogen-bond donors (Lipinski definition) is 1. The molecule has 0 aromatic heterocycles. The summed E-state index contributed by atoms with van der Waals surface area (Å²) in [6, 6.07) is 5.03. The number of hydrogen-bond acceptors (Lipinski definition) is 4. The lowest BCUT2D eigenvalue weighted by Crippen LogP contribution is -2.28. The number of sulfone groups is 1. The predicted octanol–water partition coefficient (Wildman–Crippen LogP) is 2.27. The van der Waals surface area contributed by atoms with Crippen LogP contribution in [0.5, 0.6) is 0 Å². The van der Waals surface area contributed by atoms with E-state index >= 15 is 0 Å². The van der Waals surface area contributed by atoms with E-state index < -0.39 is 15.8 Å². The summed E-state index contributed by atoms with van der Waals surface area (Å²) in [6.07, 6.45) is 0.343. The van der Waals surface area contributed by atoms with E-state index in [0.29, 0.717) is 22.2 Å². The van der Waals surface area contributed by atoms with Gasteiger partial charge in [0.05, 0.1) is 33.2 Å². The number of halogens is 2. The highest BCUT2D eigenvalue weighted by Gasteiger charge is 2.32. The molecular formula is C13H14Cl2N2O3S. The Labute approximate surface area is 133 Å². The molecule has 0 saturated carbocycles. The van der Waals surface area contributed by atoms with E-state index in [1.165, 1.54) is 0 Å². The minimum Gasteiger partial charge on any atom is -0.273 e. The van der Waals surface area contributed by atoms with Crippen molar-refractivity contribution in [3.05, 3.63) is 33.8 Å². The Morgan fingerprint density at radius 3 is 2.62 bits per heavy atom. The molecule has 1 saturated heterocycles. The third-order valence-electron chi connectivity index (χ3n) is 3.27. The number of carbonyl (C=O) groups is 1. The van der Waals surface area contributed by atoms with Gasteiger partial charge < -0.3 is 0 Å². The van der Waals surface area contributed by atoms with Gasteiger partial charge in [0.25, 0.3) is 0 Å². The predicted molar refractivity (Wildman–Crippen MR) is 83.6 cm³/mol. The van der Waals surface area contributed by atoms with Crippen molar-refractivity contribution in [3.63, 3.8) is 0 Å². The smallest absolute Gasteiger partial charge is 0.244 e. The maximum Gasteiger partial charge on any atom is 0.244 e. The van der Waals surface area contributed by atoms with E-state index in [-0.39, 0.29) is 17.4 Å². The van der Waals surface area contributed by atoms with Gasteiger partial charge in [-0.3, -0.25) is 4.79 Å². The molecule has 0 bridgehead atoms. The number of nitrogens with zero attached hydrogens (tertiary/aromatic N) is 1. The molecule has 21 heavy (non-hydrogen) atoms. The summed E-state index contributed by atoms with van der Waals surface area (Å²) < 4.78 is 22.7. The van der Waals surface area contributed by atoms with E-state index in [2.05, 4.69) is 10.5 Å². The molecule has 0 radical (unpaired) electrons. The van der Waals surface area contributed by atoms with E-state index in [1.807, 2.05) is 0 Å². The highest BCUT2D eigenvalue weighted by Crippen LogP contribution is 2.23. The second-order valence-corrected chi connectivity index (χ2v) is 7.95. The van der Waals surface area contributed by atoms with E-state index in [1.54, 1.807) is 25.1 Å². The molecule has 0 unspecified atom stereocenters. The number of benzene rings is 1. The van der Waals surface area contributed by atoms with Gasteiger partial charge in [0, 0.05) is 0 Å². The summed E-state index contributed by atoms with van der Waals surface area (Å²) in [5.41, 5.74) is 3.69. The largest absolute Gasteiger partial charge is 0.273 e. The molecule has 2 rings (SSSR count). The Morgan fingerprint density at radius 1 is 1.33 bits per heavy atom. The highest BCUT2D eigenvalue weighted by molar-refractivity contribution is 7.91. The number of carbonyl (C=O) groups excluding carboxylic acids is 1. The van der Waals surface area contributed by atoms with Crippen LogP contribution < -0.4 is 5.43 Å². The lowest BCUT2D eigenvalue weighted by molar-refractivity contribution is -0.124. The average molecular weight is 349 g/mol. The summed E-state index contributed by atoms with van der Waals surface area (Å²) >= 11 is 11.7. The first-order chi connectivity index (χ1) is 9.78. The minimum absolute atomic E-state index is 0.0561. The third-order valence-corrected chi connectivity index (χ3v) is 5.78. The van der Waals surface area contributed by atoms with Crippen molar-refractivity contribution in [2.45, 2.75) is 13.3 Å². The molecule has 1 amide bonds. The number of rotatable bonds is 3. The molecule has 8 heteroatoms. The highest BCUT2D eigenvalue weighted by atomic mass is 35.5. The summed E-state index contributed by atoms with van der Waals surface area (Å²) in [6.45, 7) is 1.71. The second kappa shape index (κ2) is 6.34. The molecule has 1 fully saturated rings. The van der Waals surface area contributed by atoms with Crippen LogP contribution in [0.2, 0.25) is 10.0 Å². The lowest BCUT2D eigenvalue weighted by Gasteiger charge is -2.07. The van der Waals surface area contributed by atoms with Crippen molar-refractivity contribution < 1.29 is 13.2 Å². The first kappa shape index (κ1) is 16.3. The Balaban J connectivity index is 2.03. The van der Waals surface area contributed by atoms with Gasteiger partial charge in [-0.25, -0.2) is 13.8 Å². The SMILES string of the molecule is C/C(=N/NC(=O)[C@H]1CCS(=O)(=O)C1)c1ccc(Cl)c(Cl)c1. The summed E-state index contributed by atoms with van der Waals surface area (Å²) in [4.78, 5) is 11.9. The zero-order valence-electron chi connectivity index (χ0n) is 11.3. The van der Waals surface area contributed by atoms with Crippen LogP contribution in [-0.2, 0) is 14.6 Å². The normalized spacial score (nSPS) is 21.3. The van der Waals surface area contributed by atoms with Gasteiger partial charge >= 0.3 is 0 Å². The Kier molecular flexibility index (Phi) is 4.91. The van der Waals surface area contributed by atoms with Crippen molar-refractivity contribution in [1.82, 2.24) is 5.43 Å². The van der Waals surface area contributed by atoms with E-state index in [4.69, 9.17) is 23.2 Å². The monoisotopic (exact) mass is 348 g/mol. The van der Waals surface area contributed by atoms with Crippen molar-refractivity contribution in [3.8, 4) is 0 Å². The number of nitrogens with one attached hydrogen (secondary N) is 1. The Bertz CT molecular complexity index is 701. The number of amides is 1. The van der Waals surface area contributed by atoms with Crippen LogP contribution in [0.25, 0.3) is 0 Å². The van der Waals surface area contributed by atoms with Gasteiger partial charge in [-0.1, -0.05) is 29.3 Å². The number of hydrazone groups is 1. The van der Waals surface area contributed by atoms with Crippen LogP contribution in [0.3, 0.4) is 0 Å². The maximum absolute atomic E-state index is 11.9. The van der Waals surface area contributed by atoms with Crippen LogP contribution in [-0.4, -0.2) is 31.5 Å². The fourth-order valence-corrected chi connectivity index (χ4v) is 4.06. The van der Waals surface area contributed by atoms with Gasteiger partial charge in [0.1, 0.15) is 0 Å². The molecule has 1 N–H and O–H groups in total. The van der Waals surface area contributed by atoms with E-state index in [0.717, 1.165) is 5.56 Å². The third kappa shape index (κ3) is 4.18. The van der Waals surface area contributed by atoms with Crippen LogP contribution in [0.1, 0.15) is 18.9 Å². The summed E-state index contributed by atoms with van der Waals surface area (Å²) in [5.74, 6) is -0.961. The molecule has 5 nitrogen and oxygen atoms in total. The van der Waals surface area contributed by atoms with Gasteiger partial charge in [-0.05, 0) is 31.0 Å². The minimum atomic E-state index is -3.08.